The summed E-state index contributed by atoms with van der Waals surface area (Å²) in [5.41, 5.74) is 0.677. The van der Waals surface area contributed by atoms with Gasteiger partial charge < -0.3 is 15.4 Å². The van der Waals surface area contributed by atoms with Crippen LogP contribution < -0.4 is 15.4 Å². The van der Waals surface area contributed by atoms with Crippen LogP contribution in [0.4, 0.5) is 4.39 Å². The number of rotatable bonds is 9. The Bertz CT molecular complexity index is 369. The van der Waals surface area contributed by atoms with Crippen molar-refractivity contribution in [1.29, 1.82) is 0 Å². The maximum absolute atomic E-state index is 13.6. The molecule has 0 heterocycles. The highest BCUT2D eigenvalue weighted by molar-refractivity contribution is 5.28. The molecule has 0 saturated carbocycles. The van der Waals surface area contributed by atoms with Gasteiger partial charge in [0.25, 0.3) is 0 Å². The van der Waals surface area contributed by atoms with Crippen LogP contribution in [-0.2, 0) is 6.54 Å². The molecule has 0 bridgehead atoms. The summed E-state index contributed by atoms with van der Waals surface area (Å²) in [6, 6.07) is 4.96. The predicted octanol–water partition coefficient (Wildman–Crippen LogP) is 2.56. The second-order valence-corrected chi connectivity index (χ2v) is 5.09. The summed E-state index contributed by atoms with van der Waals surface area (Å²) in [7, 11) is 1.54. The summed E-state index contributed by atoms with van der Waals surface area (Å²) < 4.78 is 18.6. The van der Waals surface area contributed by atoms with Crippen molar-refractivity contribution in [2.45, 2.75) is 26.8 Å². The molecule has 0 aromatic heterocycles. The van der Waals surface area contributed by atoms with Gasteiger partial charge in [0.05, 0.1) is 7.11 Å². The number of hydrogen-bond donors (Lipinski definition) is 2. The van der Waals surface area contributed by atoms with Crippen LogP contribution in [0, 0.1) is 11.7 Å². The highest BCUT2D eigenvalue weighted by atomic mass is 19.1. The van der Waals surface area contributed by atoms with Gasteiger partial charge in [0.1, 0.15) is 11.6 Å². The van der Waals surface area contributed by atoms with Crippen LogP contribution >= 0.6 is 0 Å². The standard InChI is InChI=1S/C15H25FN2O/c1-12(2)10-17-7-4-8-18-11-13-5-6-14(19-3)9-15(13)16/h5-6,9,12,17-18H,4,7-8,10-11H2,1-3H3. The Hall–Kier alpha value is -1.13. The number of nitrogens with one attached hydrogen (secondary N) is 2. The minimum Gasteiger partial charge on any atom is -0.497 e. The fourth-order valence-corrected chi connectivity index (χ4v) is 1.75. The third kappa shape index (κ3) is 6.55. The van der Waals surface area contributed by atoms with E-state index in [-0.39, 0.29) is 5.82 Å². The molecule has 0 saturated heterocycles. The first-order valence-corrected chi connectivity index (χ1v) is 6.87. The van der Waals surface area contributed by atoms with Crippen LogP contribution in [0.5, 0.6) is 5.75 Å². The lowest BCUT2D eigenvalue weighted by Gasteiger charge is -2.09. The van der Waals surface area contributed by atoms with Gasteiger partial charge in [-0.2, -0.15) is 0 Å². The molecule has 0 amide bonds. The Morgan fingerprint density at radius 2 is 1.95 bits per heavy atom. The summed E-state index contributed by atoms with van der Waals surface area (Å²) >= 11 is 0. The normalized spacial score (nSPS) is 11.0. The molecule has 3 nitrogen and oxygen atoms in total. The topological polar surface area (TPSA) is 33.3 Å². The lowest BCUT2D eigenvalue weighted by Crippen LogP contribution is -2.24. The average Bonchev–Trinajstić information content (AvgIpc) is 2.38. The summed E-state index contributed by atoms with van der Waals surface area (Å²) in [6.45, 7) is 7.87. The molecule has 1 aromatic rings. The number of hydrogen-bond acceptors (Lipinski definition) is 3. The quantitative estimate of drug-likeness (QED) is 0.675. The van der Waals surface area contributed by atoms with Crippen LogP contribution in [0.15, 0.2) is 18.2 Å². The molecule has 108 valence electrons. The van der Waals surface area contributed by atoms with Gasteiger partial charge in [-0.15, -0.1) is 0 Å². The van der Waals surface area contributed by atoms with Crippen molar-refractivity contribution in [1.82, 2.24) is 10.6 Å². The highest BCUT2D eigenvalue weighted by Crippen LogP contribution is 2.15. The predicted molar refractivity (Wildman–Crippen MR) is 77.0 cm³/mol. The Kier molecular flexibility index (Phi) is 7.45. The molecule has 4 heteroatoms. The maximum Gasteiger partial charge on any atom is 0.131 e. The molecule has 19 heavy (non-hydrogen) atoms. The number of halogens is 1. The largest absolute Gasteiger partial charge is 0.497 e. The summed E-state index contributed by atoms with van der Waals surface area (Å²) in [4.78, 5) is 0. The molecule has 0 spiro atoms. The molecule has 0 atom stereocenters. The van der Waals surface area contributed by atoms with E-state index in [1.54, 1.807) is 12.1 Å². The molecule has 2 N–H and O–H groups in total. The molecule has 0 aliphatic carbocycles. The zero-order chi connectivity index (χ0) is 14.1. The van der Waals surface area contributed by atoms with E-state index in [9.17, 15) is 4.39 Å². The Morgan fingerprint density at radius 1 is 1.21 bits per heavy atom. The van der Waals surface area contributed by atoms with Gasteiger partial charge in [0.15, 0.2) is 0 Å². The number of ether oxygens (including phenoxy) is 1. The van der Waals surface area contributed by atoms with Gasteiger partial charge in [-0.3, -0.25) is 0 Å². The van der Waals surface area contributed by atoms with Crippen molar-refractivity contribution in [2.75, 3.05) is 26.7 Å². The minimum atomic E-state index is -0.218. The van der Waals surface area contributed by atoms with E-state index >= 15 is 0 Å². The van der Waals surface area contributed by atoms with Gasteiger partial charge >= 0.3 is 0 Å². The molecule has 1 rings (SSSR count). The van der Waals surface area contributed by atoms with Gasteiger partial charge in [-0.05, 0) is 38.0 Å². The Balaban J connectivity index is 2.15. The SMILES string of the molecule is COc1ccc(CNCCCNCC(C)C)c(F)c1. The maximum atomic E-state index is 13.6. The minimum absolute atomic E-state index is 0.218. The molecule has 1 aromatic carbocycles. The summed E-state index contributed by atoms with van der Waals surface area (Å²) in [6.07, 6.45) is 1.05. The third-order valence-corrected chi connectivity index (χ3v) is 2.84. The first-order chi connectivity index (χ1) is 9.13. The monoisotopic (exact) mass is 268 g/mol. The fraction of sp³-hybridized carbons (Fsp3) is 0.600. The van der Waals surface area contributed by atoms with E-state index in [1.165, 1.54) is 13.2 Å². The van der Waals surface area contributed by atoms with Gasteiger partial charge in [0, 0.05) is 18.2 Å². The first-order valence-electron chi connectivity index (χ1n) is 6.87. The van der Waals surface area contributed by atoms with Crippen molar-refractivity contribution in [3.05, 3.63) is 29.6 Å². The van der Waals surface area contributed by atoms with Crippen molar-refractivity contribution in [3.8, 4) is 5.75 Å². The molecule has 0 aliphatic rings. The van der Waals surface area contributed by atoms with E-state index < -0.39 is 0 Å². The highest BCUT2D eigenvalue weighted by Gasteiger charge is 2.03. The molecule has 0 unspecified atom stereocenters. The van der Waals surface area contributed by atoms with Gasteiger partial charge in [-0.25, -0.2) is 4.39 Å². The van der Waals surface area contributed by atoms with Crippen LogP contribution in [0.25, 0.3) is 0 Å². The molecule has 0 radical (unpaired) electrons. The lowest BCUT2D eigenvalue weighted by molar-refractivity contribution is 0.410. The van der Waals surface area contributed by atoms with Crippen LogP contribution in [0.2, 0.25) is 0 Å². The van der Waals surface area contributed by atoms with Crippen molar-refractivity contribution in [2.24, 2.45) is 5.92 Å². The van der Waals surface area contributed by atoms with Gasteiger partial charge in [0.2, 0.25) is 0 Å². The fourth-order valence-electron chi connectivity index (χ4n) is 1.75. The van der Waals surface area contributed by atoms with E-state index in [2.05, 4.69) is 24.5 Å². The third-order valence-electron chi connectivity index (χ3n) is 2.84. The Labute approximate surface area is 115 Å². The van der Waals surface area contributed by atoms with Crippen molar-refractivity contribution >= 4 is 0 Å². The Morgan fingerprint density at radius 3 is 2.58 bits per heavy atom. The zero-order valence-electron chi connectivity index (χ0n) is 12.1. The number of methoxy groups -OCH3 is 1. The summed E-state index contributed by atoms with van der Waals surface area (Å²) in [5.74, 6) is 1.02. The lowest BCUT2D eigenvalue weighted by atomic mass is 10.2. The van der Waals surface area contributed by atoms with Crippen molar-refractivity contribution < 1.29 is 9.13 Å². The molecule has 0 aliphatic heterocycles. The zero-order valence-corrected chi connectivity index (χ0v) is 12.1. The number of benzene rings is 1. The van der Waals surface area contributed by atoms with Crippen molar-refractivity contribution in [3.63, 3.8) is 0 Å². The smallest absolute Gasteiger partial charge is 0.131 e. The van der Waals surface area contributed by atoms with E-state index in [1.807, 2.05) is 0 Å². The van der Waals surface area contributed by atoms with E-state index in [4.69, 9.17) is 4.74 Å². The summed E-state index contributed by atoms with van der Waals surface area (Å²) in [5, 5.41) is 6.63. The van der Waals surface area contributed by atoms with E-state index in [0.717, 1.165) is 26.1 Å². The first kappa shape index (κ1) is 15.9. The van der Waals surface area contributed by atoms with E-state index in [0.29, 0.717) is 23.8 Å². The van der Waals surface area contributed by atoms with Crippen LogP contribution in [-0.4, -0.2) is 26.7 Å². The van der Waals surface area contributed by atoms with Crippen LogP contribution in [0.1, 0.15) is 25.8 Å². The second-order valence-electron chi connectivity index (χ2n) is 5.09. The van der Waals surface area contributed by atoms with Gasteiger partial charge in [-0.1, -0.05) is 19.9 Å². The molecule has 0 fully saturated rings. The van der Waals surface area contributed by atoms with Crippen LogP contribution in [0.3, 0.4) is 0 Å². The average molecular weight is 268 g/mol. The molecular formula is C15H25FN2O. The molecular weight excluding hydrogens is 243 g/mol. The second kappa shape index (κ2) is 8.88.